The van der Waals surface area contributed by atoms with Crippen molar-refractivity contribution in [3.8, 4) is 11.1 Å². The minimum absolute atomic E-state index is 0.0949. The van der Waals surface area contributed by atoms with Crippen molar-refractivity contribution < 1.29 is 24.1 Å². The Morgan fingerprint density at radius 1 is 1.04 bits per heavy atom. The maximum Gasteiger partial charge on any atom is 0.412 e. The number of amides is 1. The molecule has 3 aromatic rings. The van der Waals surface area contributed by atoms with Gasteiger partial charge in [-0.2, -0.15) is 0 Å². The fraction of sp³-hybridized carbons (Fsp3) is 0.111. The van der Waals surface area contributed by atoms with Crippen molar-refractivity contribution in [2.75, 3.05) is 11.9 Å². The van der Waals surface area contributed by atoms with Gasteiger partial charge in [-0.3, -0.25) is 5.32 Å². The van der Waals surface area contributed by atoms with Crippen LogP contribution in [0.4, 0.5) is 10.6 Å². The minimum atomic E-state index is -1.36. The van der Waals surface area contributed by atoms with E-state index in [4.69, 9.17) is 9.84 Å². The molecule has 0 atom stereocenters. The van der Waals surface area contributed by atoms with E-state index in [2.05, 4.69) is 20.3 Å². The predicted octanol–water partition coefficient (Wildman–Crippen LogP) is 3.13. The third kappa shape index (κ3) is 2.67. The highest BCUT2D eigenvalue weighted by Crippen LogP contribution is 2.44. The second-order valence-electron chi connectivity index (χ2n) is 5.72. The Kier molecular flexibility index (Phi) is 3.85. The number of ether oxygens (including phenoxy) is 1. The molecule has 26 heavy (non-hydrogen) atoms. The molecular formula is C18H13N3O5. The van der Waals surface area contributed by atoms with Crippen LogP contribution in [0.3, 0.4) is 0 Å². The van der Waals surface area contributed by atoms with Gasteiger partial charge >= 0.3 is 12.1 Å². The standard InChI is InChI=1S/C18H13N3O5/c22-17(23)15-16(21-26-20-15)19-18(24)25-9-14-12-7-3-1-5-10(12)11-6-2-4-8-13(11)14/h1-8,14H,9H2,(H,22,23)(H,19,21,24). The molecule has 0 spiro atoms. The summed E-state index contributed by atoms with van der Waals surface area (Å²) in [5, 5.41) is 17.7. The van der Waals surface area contributed by atoms with Crippen LogP contribution in [0, 0.1) is 0 Å². The van der Waals surface area contributed by atoms with Crippen LogP contribution in [-0.2, 0) is 4.74 Å². The number of rotatable bonds is 4. The molecule has 1 heterocycles. The molecule has 8 heteroatoms. The maximum absolute atomic E-state index is 12.0. The maximum atomic E-state index is 12.0. The van der Waals surface area contributed by atoms with Gasteiger partial charge in [0.25, 0.3) is 0 Å². The number of nitrogens with one attached hydrogen (secondary N) is 1. The van der Waals surface area contributed by atoms with Crippen LogP contribution < -0.4 is 5.32 Å². The summed E-state index contributed by atoms with van der Waals surface area (Å²) in [6.45, 7) is 0.105. The van der Waals surface area contributed by atoms with Crippen LogP contribution in [0.1, 0.15) is 27.5 Å². The molecule has 2 aromatic carbocycles. The Morgan fingerprint density at radius 3 is 2.27 bits per heavy atom. The van der Waals surface area contributed by atoms with Gasteiger partial charge in [0.15, 0.2) is 0 Å². The van der Waals surface area contributed by atoms with E-state index in [1.165, 1.54) is 0 Å². The molecule has 0 radical (unpaired) electrons. The molecule has 130 valence electrons. The Morgan fingerprint density at radius 2 is 1.65 bits per heavy atom. The lowest BCUT2D eigenvalue weighted by Crippen LogP contribution is -2.19. The molecule has 0 aliphatic heterocycles. The van der Waals surface area contributed by atoms with Crippen LogP contribution in [0.2, 0.25) is 0 Å². The first-order valence-corrected chi connectivity index (χ1v) is 7.83. The van der Waals surface area contributed by atoms with Crippen LogP contribution in [0.5, 0.6) is 0 Å². The molecule has 4 rings (SSSR count). The zero-order valence-corrected chi connectivity index (χ0v) is 13.4. The van der Waals surface area contributed by atoms with Gasteiger partial charge in [-0.1, -0.05) is 48.5 Å². The number of hydrogen-bond acceptors (Lipinski definition) is 6. The molecule has 0 saturated carbocycles. The van der Waals surface area contributed by atoms with Crippen molar-refractivity contribution >= 4 is 17.9 Å². The molecule has 8 nitrogen and oxygen atoms in total. The zero-order chi connectivity index (χ0) is 18.1. The van der Waals surface area contributed by atoms with Crippen molar-refractivity contribution in [1.82, 2.24) is 10.3 Å². The average molecular weight is 351 g/mol. The number of benzene rings is 2. The number of carboxylic acids is 1. The van der Waals surface area contributed by atoms with Crippen LogP contribution in [-0.4, -0.2) is 34.1 Å². The topological polar surface area (TPSA) is 115 Å². The van der Waals surface area contributed by atoms with E-state index < -0.39 is 17.8 Å². The first-order chi connectivity index (χ1) is 12.6. The molecule has 1 aliphatic carbocycles. The van der Waals surface area contributed by atoms with Gasteiger partial charge in [-0.15, -0.1) is 0 Å². The quantitative estimate of drug-likeness (QED) is 0.742. The van der Waals surface area contributed by atoms with E-state index in [1.54, 1.807) is 0 Å². The monoisotopic (exact) mass is 351 g/mol. The largest absolute Gasteiger partial charge is 0.476 e. The molecule has 1 amide bonds. The van der Waals surface area contributed by atoms with E-state index >= 15 is 0 Å². The van der Waals surface area contributed by atoms with Crippen molar-refractivity contribution in [1.29, 1.82) is 0 Å². The summed E-state index contributed by atoms with van der Waals surface area (Å²) in [4.78, 5) is 23.0. The highest BCUT2D eigenvalue weighted by molar-refractivity contribution is 5.95. The van der Waals surface area contributed by atoms with E-state index in [0.717, 1.165) is 22.3 Å². The summed E-state index contributed by atoms with van der Waals surface area (Å²) in [6, 6.07) is 15.9. The van der Waals surface area contributed by atoms with E-state index in [1.807, 2.05) is 48.5 Å². The SMILES string of the molecule is O=C(Nc1nonc1C(=O)O)OCC1c2ccccc2-c2ccccc21. The smallest absolute Gasteiger partial charge is 0.412 e. The van der Waals surface area contributed by atoms with Crippen LogP contribution in [0.15, 0.2) is 53.2 Å². The number of carboxylic acid groups (broad SMARTS) is 1. The van der Waals surface area contributed by atoms with Crippen molar-refractivity contribution in [3.63, 3.8) is 0 Å². The molecule has 0 bridgehead atoms. The number of carbonyl (C=O) groups excluding carboxylic acids is 1. The van der Waals surface area contributed by atoms with Gasteiger partial charge in [0.2, 0.25) is 11.5 Å². The number of anilines is 1. The fourth-order valence-electron chi connectivity index (χ4n) is 3.14. The average Bonchev–Trinajstić information content (AvgIpc) is 3.23. The van der Waals surface area contributed by atoms with Gasteiger partial charge in [-0.25, -0.2) is 14.2 Å². The van der Waals surface area contributed by atoms with E-state index in [-0.39, 0.29) is 18.3 Å². The molecule has 0 unspecified atom stereocenters. The van der Waals surface area contributed by atoms with Crippen molar-refractivity contribution in [2.24, 2.45) is 0 Å². The first-order valence-electron chi connectivity index (χ1n) is 7.83. The van der Waals surface area contributed by atoms with E-state index in [9.17, 15) is 9.59 Å². The van der Waals surface area contributed by atoms with Crippen LogP contribution in [0.25, 0.3) is 11.1 Å². The minimum Gasteiger partial charge on any atom is -0.476 e. The zero-order valence-electron chi connectivity index (χ0n) is 13.4. The third-order valence-electron chi connectivity index (χ3n) is 4.26. The number of aromatic carboxylic acids is 1. The highest BCUT2D eigenvalue weighted by Gasteiger charge is 2.29. The van der Waals surface area contributed by atoms with Gasteiger partial charge in [0, 0.05) is 5.92 Å². The normalized spacial score (nSPS) is 12.3. The lowest BCUT2D eigenvalue weighted by molar-refractivity contribution is 0.0686. The number of nitrogens with zero attached hydrogens (tertiary/aromatic N) is 2. The molecule has 2 N–H and O–H groups in total. The highest BCUT2D eigenvalue weighted by atomic mass is 16.6. The Bertz CT molecular complexity index is 952. The molecule has 1 aromatic heterocycles. The van der Waals surface area contributed by atoms with Crippen molar-refractivity contribution in [2.45, 2.75) is 5.92 Å². The first kappa shape index (κ1) is 15.8. The summed E-state index contributed by atoms with van der Waals surface area (Å²) in [5.41, 5.74) is 3.90. The van der Waals surface area contributed by atoms with Crippen LogP contribution >= 0.6 is 0 Å². The summed E-state index contributed by atoms with van der Waals surface area (Å²) < 4.78 is 9.62. The summed E-state index contributed by atoms with van der Waals surface area (Å²) >= 11 is 0. The lowest BCUT2D eigenvalue weighted by Gasteiger charge is -2.14. The third-order valence-corrected chi connectivity index (χ3v) is 4.26. The summed E-state index contributed by atoms with van der Waals surface area (Å²) in [6.07, 6.45) is -0.829. The van der Waals surface area contributed by atoms with Crippen molar-refractivity contribution in [3.05, 3.63) is 65.4 Å². The number of aromatic nitrogens is 2. The second-order valence-corrected chi connectivity index (χ2v) is 5.72. The van der Waals surface area contributed by atoms with Gasteiger partial charge < -0.3 is 9.84 Å². The fourth-order valence-corrected chi connectivity index (χ4v) is 3.14. The molecule has 1 aliphatic rings. The van der Waals surface area contributed by atoms with Gasteiger partial charge in [0.05, 0.1) is 0 Å². The van der Waals surface area contributed by atoms with Gasteiger partial charge in [0.1, 0.15) is 6.61 Å². The number of hydrogen-bond donors (Lipinski definition) is 2. The molecular weight excluding hydrogens is 338 g/mol. The number of fused-ring (bicyclic) bond motifs is 3. The Labute approximate surface area is 147 Å². The van der Waals surface area contributed by atoms with Gasteiger partial charge in [-0.05, 0) is 32.6 Å². The van der Waals surface area contributed by atoms with E-state index in [0.29, 0.717) is 0 Å². The Balaban J connectivity index is 1.50. The second kappa shape index (κ2) is 6.32. The Hall–Kier alpha value is -3.68. The molecule has 0 fully saturated rings. The molecule has 0 saturated heterocycles. The summed E-state index contributed by atoms with van der Waals surface area (Å²) in [7, 11) is 0. The summed E-state index contributed by atoms with van der Waals surface area (Å²) in [5.74, 6) is -1.75. The lowest BCUT2D eigenvalue weighted by atomic mass is 9.98. The number of carbonyl (C=O) groups is 2. The predicted molar refractivity (Wildman–Crippen MR) is 89.9 cm³/mol.